The average Bonchev–Trinajstić information content (AvgIpc) is 2.09. The van der Waals surface area contributed by atoms with Crippen molar-refractivity contribution in [2.75, 3.05) is 6.61 Å². The lowest BCUT2D eigenvalue weighted by atomic mass is 10.3. The van der Waals surface area contributed by atoms with Crippen LogP contribution in [0.1, 0.15) is 6.92 Å². The summed E-state index contributed by atoms with van der Waals surface area (Å²) in [5.41, 5.74) is 0. The predicted octanol–water partition coefficient (Wildman–Crippen LogP) is 3.41. The quantitative estimate of drug-likeness (QED) is 0.839. The van der Waals surface area contributed by atoms with Gasteiger partial charge in [0.05, 0.1) is 21.2 Å². The van der Waals surface area contributed by atoms with Crippen LogP contribution in [0.15, 0.2) is 12.1 Å². The average molecular weight is 256 g/mol. The van der Waals surface area contributed by atoms with Crippen LogP contribution < -0.4 is 4.74 Å². The fraction of sp³-hybridized carbons (Fsp3) is 0.333. The zero-order valence-electron chi connectivity index (χ0n) is 7.43. The molecular formula is C9H9Cl3O2. The maximum Gasteiger partial charge on any atom is 0.139 e. The van der Waals surface area contributed by atoms with E-state index >= 15 is 0 Å². The molecule has 0 spiro atoms. The number of hydrogen-bond donors (Lipinski definition) is 1. The molecule has 5 heteroatoms. The van der Waals surface area contributed by atoms with Crippen LogP contribution in [0.2, 0.25) is 15.1 Å². The Labute approximate surface area is 97.3 Å². The Balaban J connectivity index is 2.82. The van der Waals surface area contributed by atoms with Gasteiger partial charge in [0.2, 0.25) is 0 Å². The second-order valence-electron chi connectivity index (χ2n) is 2.86. The van der Waals surface area contributed by atoms with E-state index in [2.05, 4.69) is 0 Å². The van der Waals surface area contributed by atoms with Gasteiger partial charge in [0, 0.05) is 6.07 Å². The van der Waals surface area contributed by atoms with Crippen LogP contribution in [0.25, 0.3) is 0 Å². The Bertz CT molecular complexity index is 326. The lowest BCUT2D eigenvalue weighted by Gasteiger charge is -2.10. The van der Waals surface area contributed by atoms with E-state index in [1.165, 1.54) is 12.1 Å². The van der Waals surface area contributed by atoms with Gasteiger partial charge in [-0.1, -0.05) is 34.8 Å². The molecule has 0 radical (unpaired) electrons. The predicted molar refractivity (Wildman–Crippen MR) is 58.6 cm³/mol. The highest BCUT2D eigenvalue weighted by Gasteiger charge is 2.07. The number of rotatable bonds is 3. The van der Waals surface area contributed by atoms with E-state index in [0.717, 1.165) is 0 Å². The lowest BCUT2D eigenvalue weighted by molar-refractivity contribution is 0.123. The fourth-order valence-corrected chi connectivity index (χ4v) is 1.42. The van der Waals surface area contributed by atoms with Gasteiger partial charge in [-0.25, -0.2) is 0 Å². The van der Waals surface area contributed by atoms with Crippen LogP contribution in [0.4, 0.5) is 0 Å². The van der Waals surface area contributed by atoms with Crippen LogP contribution >= 0.6 is 34.8 Å². The first-order valence-corrected chi connectivity index (χ1v) is 5.09. The normalized spacial score (nSPS) is 12.6. The first-order valence-electron chi connectivity index (χ1n) is 3.96. The summed E-state index contributed by atoms with van der Waals surface area (Å²) in [6.45, 7) is 1.78. The Kier molecular flexibility index (Phi) is 4.32. The molecule has 1 aromatic rings. The van der Waals surface area contributed by atoms with Gasteiger partial charge in [-0.15, -0.1) is 0 Å². The van der Waals surface area contributed by atoms with Gasteiger partial charge in [0.15, 0.2) is 0 Å². The highest BCUT2D eigenvalue weighted by Crippen LogP contribution is 2.33. The minimum absolute atomic E-state index is 0.164. The molecule has 0 bridgehead atoms. The maximum absolute atomic E-state index is 9.00. The van der Waals surface area contributed by atoms with Gasteiger partial charge < -0.3 is 9.84 Å². The van der Waals surface area contributed by atoms with Crippen molar-refractivity contribution in [3.05, 3.63) is 27.2 Å². The molecule has 0 saturated heterocycles. The molecule has 0 heterocycles. The Morgan fingerprint density at radius 1 is 1.21 bits per heavy atom. The van der Waals surface area contributed by atoms with Gasteiger partial charge in [0.1, 0.15) is 12.4 Å². The number of halogens is 3. The van der Waals surface area contributed by atoms with Gasteiger partial charge in [-0.2, -0.15) is 0 Å². The molecule has 0 fully saturated rings. The van der Waals surface area contributed by atoms with E-state index in [-0.39, 0.29) is 6.61 Å². The molecule has 14 heavy (non-hydrogen) atoms. The van der Waals surface area contributed by atoms with Gasteiger partial charge in [-0.05, 0) is 13.0 Å². The van der Waals surface area contributed by atoms with Crippen LogP contribution in [0.3, 0.4) is 0 Å². The molecule has 1 atom stereocenters. The summed E-state index contributed by atoms with van der Waals surface area (Å²) in [6.07, 6.45) is -0.555. The molecule has 0 aliphatic rings. The summed E-state index contributed by atoms with van der Waals surface area (Å²) in [4.78, 5) is 0. The number of benzene rings is 1. The molecule has 0 aliphatic heterocycles. The minimum Gasteiger partial charge on any atom is -0.489 e. The van der Waals surface area contributed by atoms with Crippen molar-refractivity contribution in [3.8, 4) is 5.75 Å². The van der Waals surface area contributed by atoms with Crippen molar-refractivity contribution < 1.29 is 9.84 Å². The summed E-state index contributed by atoms with van der Waals surface area (Å²) < 4.78 is 5.21. The highest BCUT2D eigenvalue weighted by molar-refractivity contribution is 6.43. The van der Waals surface area contributed by atoms with Crippen molar-refractivity contribution in [1.82, 2.24) is 0 Å². The van der Waals surface area contributed by atoms with Gasteiger partial charge >= 0.3 is 0 Å². The standard InChI is InChI=1S/C9H9Cl3O2/c1-5(13)4-14-9-3-7(11)6(10)2-8(9)12/h2-3,5,13H,4H2,1H3/t5-/m0/s1. The number of hydrogen-bond acceptors (Lipinski definition) is 2. The van der Waals surface area contributed by atoms with Crippen molar-refractivity contribution >= 4 is 34.8 Å². The van der Waals surface area contributed by atoms with Crippen molar-refractivity contribution in [2.45, 2.75) is 13.0 Å². The molecule has 0 unspecified atom stereocenters. The van der Waals surface area contributed by atoms with E-state index in [9.17, 15) is 0 Å². The molecule has 2 nitrogen and oxygen atoms in total. The number of aliphatic hydroxyl groups excluding tert-OH is 1. The third-order valence-electron chi connectivity index (χ3n) is 1.45. The summed E-state index contributed by atoms with van der Waals surface area (Å²) in [5.74, 6) is 0.418. The number of aliphatic hydroxyl groups is 1. The monoisotopic (exact) mass is 254 g/mol. The minimum atomic E-state index is -0.555. The molecule has 0 amide bonds. The summed E-state index contributed by atoms with van der Waals surface area (Å²) in [7, 11) is 0. The van der Waals surface area contributed by atoms with E-state index in [1.807, 2.05) is 0 Å². The van der Waals surface area contributed by atoms with E-state index in [0.29, 0.717) is 20.8 Å². The zero-order valence-corrected chi connectivity index (χ0v) is 9.70. The van der Waals surface area contributed by atoms with Crippen LogP contribution in [-0.2, 0) is 0 Å². The molecule has 78 valence electrons. The molecule has 0 aliphatic carbocycles. The van der Waals surface area contributed by atoms with E-state index in [1.54, 1.807) is 6.92 Å². The first kappa shape index (κ1) is 11.9. The third-order valence-corrected chi connectivity index (χ3v) is 2.47. The van der Waals surface area contributed by atoms with Gasteiger partial charge in [0.25, 0.3) is 0 Å². The fourth-order valence-electron chi connectivity index (χ4n) is 0.825. The zero-order chi connectivity index (χ0) is 10.7. The largest absolute Gasteiger partial charge is 0.489 e. The van der Waals surface area contributed by atoms with Crippen LogP contribution in [-0.4, -0.2) is 17.8 Å². The second-order valence-corrected chi connectivity index (χ2v) is 4.08. The molecule has 0 aromatic heterocycles. The smallest absolute Gasteiger partial charge is 0.139 e. The highest BCUT2D eigenvalue weighted by atomic mass is 35.5. The Hall–Kier alpha value is -0.150. The topological polar surface area (TPSA) is 29.5 Å². The SMILES string of the molecule is C[C@H](O)COc1cc(Cl)c(Cl)cc1Cl. The van der Waals surface area contributed by atoms with E-state index < -0.39 is 6.10 Å². The third kappa shape index (κ3) is 3.21. The molecular weight excluding hydrogens is 246 g/mol. The maximum atomic E-state index is 9.00. The van der Waals surface area contributed by atoms with Crippen molar-refractivity contribution in [2.24, 2.45) is 0 Å². The Morgan fingerprint density at radius 2 is 1.79 bits per heavy atom. The van der Waals surface area contributed by atoms with Gasteiger partial charge in [-0.3, -0.25) is 0 Å². The van der Waals surface area contributed by atoms with Crippen molar-refractivity contribution in [1.29, 1.82) is 0 Å². The summed E-state index contributed by atoms with van der Waals surface area (Å²) in [5, 5.41) is 10.1. The summed E-state index contributed by atoms with van der Waals surface area (Å²) in [6, 6.07) is 3.03. The molecule has 1 rings (SSSR count). The number of ether oxygens (including phenoxy) is 1. The van der Waals surface area contributed by atoms with Crippen LogP contribution in [0, 0.1) is 0 Å². The summed E-state index contributed by atoms with van der Waals surface area (Å²) >= 11 is 17.3. The van der Waals surface area contributed by atoms with Crippen molar-refractivity contribution in [3.63, 3.8) is 0 Å². The van der Waals surface area contributed by atoms with Crippen LogP contribution in [0.5, 0.6) is 5.75 Å². The molecule has 0 saturated carbocycles. The molecule has 1 aromatic carbocycles. The lowest BCUT2D eigenvalue weighted by Crippen LogP contribution is -2.12. The Morgan fingerprint density at radius 3 is 2.36 bits per heavy atom. The second kappa shape index (κ2) is 5.08. The first-order chi connectivity index (χ1) is 6.50. The molecule has 1 N–H and O–H groups in total. The van der Waals surface area contributed by atoms with E-state index in [4.69, 9.17) is 44.6 Å².